The van der Waals surface area contributed by atoms with Crippen LogP contribution in [0.1, 0.15) is 55.6 Å². The van der Waals surface area contributed by atoms with Crippen LogP contribution in [0.4, 0.5) is 4.39 Å². The Labute approximate surface area is 222 Å². The number of hydrogen-bond acceptors (Lipinski definition) is 7. The third kappa shape index (κ3) is 7.06. The fourth-order valence-electron chi connectivity index (χ4n) is 3.94. The van der Waals surface area contributed by atoms with Crippen LogP contribution in [0.5, 0.6) is 11.6 Å². The molecular weight excluding hydrogens is 509 g/mol. The summed E-state index contributed by atoms with van der Waals surface area (Å²) in [7, 11) is -4.22. The highest BCUT2D eigenvalue weighted by molar-refractivity contribution is 7.90. The summed E-state index contributed by atoms with van der Waals surface area (Å²) in [6.45, 7) is 6.39. The van der Waals surface area contributed by atoms with Gasteiger partial charge in [-0.2, -0.15) is 8.42 Å². The number of aryl methyl sites for hydroxylation is 1. The summed E-state index contributed by atoms with van der Waals surface area (Å²) in [5.74, 6) is -0.228. The first-order chi connectivity index (χ1) is 18.1. The molecule has 38 heavy (non-hydrogen) atoms. The van der Waals surface area contributed by atoms with Crippen molar-refractivity contribution >= 4 is 15.9 Å². The molecule has 0 saturated heterocycles. The average molecular weight is 542 g/mol. The van der Waals surface area contributed by atoms with Gasteiger partial charge in [0, 0.05) is 17.3 Å². The monoisotopic (exact) mass is 541 g/mol. The summed E-state index contributed by atoms with van der Waals surface area (Å²) in [5, 5.41) is -0.267. The number of aromatic nitrogens is 2. The van der Waals surface area contributed by atoms with Crippen LogP contribution in [0.15, 0.2) is 53.6 Å². The van der Waals surface area contributed by atoms with E-state index in [1.165, 1.54) is 36.8 Å². The Bertz CT molecular complexity index is 1410. The maximum atomic E-state index is 14.4. The highest BCUT2D eigenvalue weighted by Crippen LogP contribution is 2.31. The third-order valence-corrected chi connectivity index (χ3v) is 7.44. The Morgan fingerprint density at radius 3 is 2.58 bits per heavy atom. The summed E-state index contributed by atoms with van der Waals surface area (Å²) in [5.41, 5.74) is 1.25. The Kier molecular flexibility index (Phi) is 8.61. The summed E-state index contributed by atoms with van der Waals surface area (Å²) in [6.07, 6.45) is 4.26. The van der Waals surface area contributed by atoms with Gasteiger partial charge in [-0.3, -0.25) is 4.79 Å². The van der Waals surface area contributed by atoms with E-state index in [9.17, 15) is 17.6 Å². The van der Waals surface area contributed by atoms with E-state index >= 15 is 0 Å². The number of carbonyl (C=O) groups excluding carboxylic acids is 1. The molecule has 1 aliphatic carbocycles. The van der Waals surface area contributed by atoms with E-state index in [1.807, 2.05) is 13.8 Å². The van der Waals surface area contributed by atoms with E-state index in [0.29, 0.717) is 41.8 Å². The van der Waals surface area contributed by atoms with Crippen LogP contribution < -0.4 is 14.2 Å². The summed E-state index contributed by atoms with van der Waals surface area (Å²) in [6, 6.07) is 11.7. The highest BCUT2D eigenvalue weighted by Gasteiger charge is 2.24. The van der Waals surface area contributed by atoms with Crippen molar-refractivity contribution < 1.29 is 27.1 Å². The molecule has 1 amide bonds. The van der Waals surface area contributed by atoms with Gasteiger partial charge in [0.15, 0.2) is 5.03 Å². The zero-order valence-electron chi connectivity index (χ0n) is 21.7. The predicted molar refractivity (Wildman–Crippen MR) is 141 cm³/mol. The molecule has 1 saturated carbocycles. The maximum Gasteiger partial charge on any atom is 0.281 e. The van der Waals surface area contributed by atoms with Crippen molar-refractivity contribution in [2.45, 2.75) is 51.5 Å². The van der Waals surface area contributed by atoms with Gasteiger partial charge in [0.25, 0.3) is 15.9 Å². The Balaban J connectivity index is 1.62. The first kappa shape index (κ1) is 27.5. The summed E-state index contributed by atoms with van der Waals surface area (Å²) >= 11 is 0. The molecule has 0 atom stereocenters. The van der Waals surface area contributed by atoms with Crippen molar-refractivity contribution in [3.63, 3.8) is 0 Å². The minimum Gasteiger partial charge on any atom is -0.493 e. The highest BCUT2D eigenvalue weighted by atomic mass is 32.2. The summed E-state index contributed by atoms with van der Waals surface area (Å²) < 4.78 is 53.6. The second-order valence-electron chi connectivity index (χ2n) is 9.92. The van der Waals surface area contributed by atoms with Gasteiger partial charge < -0.3 is 9.47 Å². The first-order valence-electron chi connectivity index (χ1n) is 12.7. The molecule has 1 aliphatic rings. The number of rotatable bonds is 11. The van der Waals surface area contributed by atoms with Gasteiger partial charge in [-0.1, -0.05) is 39.2 Å². The van der Waals surface area contributed by atoms with E-state index < -0.39 is 21.7 Å². The van der Waals surface area contributed by atoms with Gasteiger partial charge in [0.05, 0.1) is 18.9 Å². The average Bonchev–Trinajstić information content (AvgIpc) is 2.83. The molecule has 2 heterocycles. The van der Waals surface area contributed by atoms with E-state index in [1.54, 1.807) is 25.1 Å². The van der Waals surface area contributed by atoms with Gasteiger partial charge in [-0.15, -0.1) is 0 Å². The van der Waals surface area contributed by atoms with E-state index in [-0.39, 0.29) is 22.4 Å². The standard InChI is InChI=1S/C28H32FN3O5S/c1-18(2)17-37-23-15-21(14-22(29)16-23)25-11-10-24(28(31-25)36-13-12-20-7-5-8-20)27(33)32-38(34,35)26-9-4-6-19(3)30-26/h4,6,9-11,14-16,18,20H,5,7-8,12-13,17H2,1-3H3,(H,32,33). The lowest BCUT2D eigenvalue weighted by molar-refractivity contribution is 0.0975. The van der Waals surface area contributed by atoms with Gasteiger partial charge >= 0.3 is 0 Å². The molecule has 1 aromatic carbocycles. The SMILES string of the molecule is Cc1cccc(S(=O)(=O)NC(=O)c2ccc(-c3cc(F)cc(OCC(C)C)c3)nc2OCCC2CCC2)n1. The molecule has 202 valence electrons. The van der Waals surface area contributed by atoms with Gasteiger partial charge in [0.2, 0.25) is 5.88 Å². The number of ether oxygens (including phenoxy) is 2. The molecule has 0 radical (unpaired) electrons. The van der Waals surface area contributed by atoms with Crippen LogP contribution in [0, 0.1) is 24.6 Å². The molecule has 0 bridgehead atoms. The van der Waals surface area contributed by atoms with Gasteiger partial charge in [0.1, 0.15) is 17.1 Å². The lowest BCUT2D eigenvalue weighted by atomic mass is 9.83. The van der Waals surface area contributed by atoms with Gasteiger partial charge in [-0.25, -0.2) is 19.1 Å². The molecule has 0 aliphatic heterocycles. The lowest BCUT2D eigenvalue weighted by Gasteiger charge is -2.25. The van der Waals surface area contributed by atoms with Crippen molar-refractivity contribution in [2.24, 2.45) is 11.8 Å². The third-order valence-electron chi connectivity index (χ3n) is 6.21. The molecular formula is C28H32FN3O5S. The molecule has 1 N–H and O–H groups in total. The number of amides is 1. The van der Waals surface area contributed by atoms with Crippen LogP contribution in [-0.4, -0.2) is 37.5 Å². The largest absolute Gasteiger partial charge is 0.493 e. The topological polar surface area (TPSA) is 107 Å². The number of hydrogen-bond donors (Lipinski definition) is 1. The first-order valence-corrected chi connectivity index (χ1v) is 14.2. The minimum atomic E-state index is -4.22. The molecule has 0 spiro atoms. The van der Waals surface area contributed by atoms with Crippen LogP contribution >= 0.6 is 0 Å². The molecule has 10 heteroatoms. The second kappa shape index (κ2) is 11.9. The normalized spacial score (nSPS) is 13.7. The number of nitrogens with zero attached hydrogens (tertiary/aromatic N) is 2. The smallest absolute Gasteiger partial charge is 0.281 e. The number of carbonyl (C=O) groups is 1. The maximum absolute atomic E-state index is 14.4. The fraction of sp³-hybridized carbons (Fsp3) is 0.393. The van der Waals surface area contributed by atoms with Crippen molar-refractivity contribution in [3.8, 4) is 22.9 Å². The second-order valence-corrected chi connectivity index (χ2v) is 11.5. The lowest BCUT2D eigenvalue weighted by Crippen LogP contribution is -2.31. The molecule has 8 nitrogen and oxygen atoms in total. The fourth-order valence-corrected chi connectivity index (χ4v) is 4.92. The van der Waals surface area contributed by atoms with Crippen molar-refractivity contribution in [3.05, 3.63) is 65.6 Å². The Hall–Kier alpha value is -3.53. The minimum absolute atomic E-state index is 0.0272. The molecule has 2 aromatic heterocycles. The van der Waals surface area contributed by atoms with Crippen LogP contribution in [0.2, 0.25) is 0 Å². The molecule has 1 fully saturated rings. The zero-order valence-corrected chi connectivity index (χ0v) is 22.6. The summed E-state index contributed by atoms with van der Waals surface area (Å²) in [4.78, 5) is 21.6. The molecule has 0 unspecified atom stereocenters. The van der Waals surface area contributed by atoms with Crippen LogP contribution in [0.3, 0.4) is 0 Å². The molecule has 3 aromatic rings. The van der Waals surface area contributed by atoms with Crippen molar-refractivity contribution in [1.29, 1.82) is 0 Å². The van der Waals surface area contributed by atoms with E-state index in [2.05, 4.69) is 14.7 Å². The number of benzene rings is 1. The van der Waals surface area contributed by atoms with Crippen LogP contribution in [0.25, 0.3) is 11.3 Å². The zero-order chi connectivity index (χ0) is 27.3. The van der Waals surface area contributed by atoms with E-state index in [0.717, 1.165) is 19.3 Å². The van der Waals surface area contributed by atoms with E-state index in [4.69, 9.17) is 9.47 Å². The van der Waals surface area contributed by atoms with Gasteiger partial charge in [-0.05, 0) is 61.6 Å². The van der Waals surface area contributed by atoms with Crippen LogP contribution in [-0.2, 0) is 10.0 Å². The number of sulfonamides is 1. The number of nitrogens with one attached hydrogen (secondary N) is 1. The predicted octanol–water partition coefficient (Wildman–Crippen LogP) is 5.31. The number of halogens is 1. The Morgan fingerprint density at radius 2 is 1.89 bits per heavy atom. The molecule has 4 rings (SSSR count). The van der Waals surface area contributed by atoms with Crippen molar-refractivity contribution in [1.82, 2.24) is 14.7 Å². The Morgan fingerprint density at radius 1 is 1.11 bits per heavy atom. The quantitative estimate of drug-likeness (QED) is 0.350. The number of pyridine rings is 2. The van der Waals surface area contributed by atoms with Crippen molar-refractivity contribution in [2.75, 3.05) is 13.2 Å².